The van der Waals surface area contributed by atoms with Crippen LogP contribution < -0.4 is 11.1 Å². The number of aromatic nitrogens is 2. The number of hydrogen-bond acceptors (Lipinski definition) is 7. The number of oxime groups is 1. The Balaban J connectivity index is 1.90. The number of primary amides is 1. The number of nitrogens with two attached hydrogens (primary N) is 1. The van der Waals surface area contributed by atoms with E-state index in [1.165, 1.54) is 7.11 Å². The first-order chi connectivity index (χ1) is 15.6. The first-order valence-electron chi connectivity index (χ1n) is 9.85. The summed E-state index contributed by atoms with van der Waals surface area (Å²) in [6.45, 7) is 0. The number of nitrogens with zero attached hydrogens (tertiary/aromatic N) is 3. The molecule has 7 nitrogen and oxygen atoms in total. The van der Waals surface area contributed by atoms with E-state index in [1.54, 1.807) is 0 Å². The van der Waals surface area contributed by atoms with E-state index in [-0.39, 0.29) is 11.5 Å². The Morgan fingerprint density at radius 2 is 1.38 bits per heavy atom. The van der Waals surface area contributed by atoms with E-state index in [4.69, 9.17) is 10.6 Å². The van der Waals surface area contributed by atoms with E-state index in [1.807, 2.05) is 54.6 Å². The topological polar surface area (TPSA) is 102 Å². The first kappa shape index (κ1) is 21.2. The van der Waals surface area contributed by atoms with Crippen molar-refractivity contribution in [2.75, 3.05) is 12.4 Å². The van der Waals surface area contributed by atoms with Crippen molar-refractivity contribution in [1.29, 1.82) is 0 Å². The quantitative estimate of drug-likeness (QED) is 0.245. The Morgan fingerprint density at radius 1 is 0.906 bits per heavy atom. The molecule has 0 aliphatic carbocycles. The molecule has 0 radical (unpaired) electrons. The second-order valence-electron chi connectivity index (χ2n) is 6.88. The van der Waals surface area contributed by atoms with E-state index in [9.17, 15) is 4.79 Å². The summed E-state index contributed by atoms with van der Waals surface area (Å²) in [6.07, 6.45) is 0. The number of rotatable bonds is 8. The molecule has 0 bridgehead atoms. The Hall–Kier alpha value is -4.04. The lowest BCUT2D eigenvalue weighted by atomic mass is 9.77. The van der Waals surface area contributed by atoms with Crippen LogP contribution in [-0.4, -0.2) is 28.1 Å². The van der Waals surface area contributed by atoms with Crippen LogP contribution in [0.2, 0.25) is 0 Å². The molecule has 1 heterocycles. The summed E-state index contributed by atoms with van der Waals surface area (Å²) in [5.41, 5.74) is 7.59. The highest BCUT2D eigenvalue weighted by molar-refractivity contribution is 7.09. The Morgan fingerprint density at radius 3 is 1.78 bits per heavy atom. The fourth-order valence-corrected chi connectivity index (χ4v) is 4.23. The van der Waals surface area contributed by atoms with Crippen LogP contribution >= 0.6 is 11.5 Å². The molecule has 0 spiro atoms. The van der Waals surface area contributed by atoms with E-state index in [2.05, 4.69) is 56.2 Å². The lowest BCUT2D eigenvalue weighted by Gasteiger charge is -2.36. The molecule has 8 heteroatoms. The zero-order valence-electron chi connectivity index (χ0n) is 17.3. The van der Waals surface area contributed by atoms with Gasteiger partial charge in [-0.1, -0.05) is 96.2 Å². The highest BCUT2D eigenvalue weighted by Crippen LogP contribution is 2.40. The molecule has 0 saturated carbocycles. The maximum absolute atomic E-state index is 11.8. The maximum Gasteiger partial charge on any atom is 0.274 e. The van der Waals surface area contributed by atoms with Gasteiger partial charge in [-0.05, 0) is 16.7 Å². The zero-order valence-corrected chi connectivity index (χ0v) is 18.1. The highest BCUT2D eigenvalue weighted by Gasteiger charge is 2.37. The fraction of sp³-hybridized carbons (Fsp3) is 0.0833. The lowest BCUT2D eigenvalue weighted by Crippen LogP contribution is -2.38. The van der Waals surface area contributed by atoms with Crippen LogP contribution in [0, 0.1) is 0 Å². The molecule has 0 fully saturated rings. The zero-order chi connectivity index (χ0) is 22.4. The van der Waals surface area contributed by atoms with Gasteiger partial charge in [0.15, 0.2) is 0 Å². The summed E-state index contributed by atoms with van der Waals surface area (Å²) in [7, 11) is 1.33. The van der Waals surface area contributed by atoms with Gasteiger partial charge >= 0.3 is 0 Å². The van der Waals surface area contributed by atoms with Gasteiger partial charge in [-0.3, -0.25) is 4.79 Å². The molecule has 160 valence electrons. The molecule has 4 rings (SSSR count). The van der Waals surface area contributed by atoms with Gasteiger partial charge in [-0.2, -0.15) is 9.36 Å². The van der Waals surface area contributed by atoms with Gasteiger partial charge in [-0.15, -0.1) is 0 Å². The largest absolute Gasteiger partial charge is 0.398 e. The first-order valence-corrected chi connectivity index (χ1v) is 10.6. The van der Waals surface area contributed by atoms with Crippen molar-refractivity contribution < 1.29 is 9.63 Å². The van der Waals surface area contributed by atoms with E-state index in [0.717, 1.165) is 28.2 Å². The molecule has 0 aliphatic heterocycles. The second kappa shape index (κ2) is 9.40. The molecule has 1 amide bonds. The van der Waals surface area contributed by atoms with E-state index >= 15 is 0 Å². The number of anilines is 1. The molecular formula is C24H21N5O2S. The lowest BCUT2D eigenvalue weighted by molar-refractivity contribution is -0.112. The van der Waals surface area contributed by atoms with Crippen molar-refractivity contribution in [3.8, 4) is 0 Å². The molecule has 1 aromatic heterocycles. The van der Waals surface area contributed by atoms with Gasteiger partial charge < -0.3 is 15.9 Å². The normalized spacial score (nSPS) is 11.7. The van der Waals surface area contributed by atoms with Crippen molar-refractivity contribution in [1.82, 2.24) is 9.36 Å². The van der Waals surface area contributed by atoms with Gasteiger partial charge in [0.2, 0.25) is 16.7 Å². The number of amides is 1. The molecule has 0 atom stereocenters. The van der Waals surface area contributed by atoms with Gasteiger partial charge in [0.25, 0.3) is 5.91 Å². The molecule has 0 aliphatic rings. The minimum absolute atomic E-state index is 0.106. The monoisotopic (exact) mass is 443 g/mol. The highest BCUT2D eigenvalue weighted by atomic mass is 32.1. The molecular weight excluding hydrogens is 422 g/mol. The van der Waals surface area contributed by atoms with Crippen LogP contribution in [0.1, 0.15) is 22.5 Å². The van der Waals surface area contributed by atoms with Gasteiger partial charge in [0, 0.05) is 11.5 Å². The summed E-state index contributed by atoms with van der Waals surface area (Å²) >= 11 is 1.12. The molecule has 3 N–H and O–H groups in total. The minimum Gasteiger partial charge on any atom is -0.398 e. The van der Waals surface area contributed by atoms with Crippen LogP contribution in [0.3, 0.4) is 0 Å². The Bertz CT molecular complexity index is 1110. The number of benzene rings is 3. The van der Waals surface area contributed by atoms with Gasteiger partial charge in [0.1, 0.15) is 12.6 Å². The third-order valence-corrected chi connectivity index (χ3v) is 5.60. The fourth-order valence-electron chi connectivity index (χ4n) is 3.60. The number of carbonyl (C=O) groups excluding carboxylic acids is 1. The average Bonchev–Trinajstić information content (AvgIpc) is 3.30. The molecule has 0 unspecified atom stereocenters. The molecule has 0 saturated heterocycles. The predicted molar refractivity (Wildman–Crippen MR) is 125 cm³/mol. The van der Waals surface area contributed by atoms with Crippen molar-refractivity contribution in [2.45, 2.75) is 5.54 Å². The van der Waals surface area contributed by atoms with Crippen molar-refractivity contribution in [3.63, 3.8) is 0 Å². The van der Waals surface area contributed by atoms with Gasteiger partial charge in [0.05, 0.1) is 0 Å². The maximum atomic E-state index is 11.8. The third-order valence-electron chi connectivity index (χ3n) is 4.97. The summed E-state index contributed by atoms with van der Waals surface area (Å²) < 4.78 is 4.28. The van der Waals surface area contributed by atoms with Crippen LogP contribution in [0.15, 0.2) is 96.2 Å². The number of hydrogen-bond donors (Lipinski definition) is 2. The van der Waals surface area contributed by atoms with E-state index in [0.29, 0.717) is 5.13 Å². The third kappa shape index (κ3) is 4.08. The summed E-state index contributed by atoms with van der Waals surface area (Å²) in [5, 5.41) is 7.77. The van der Waals surface area contributed by atoms with Crippen LogP contribution in [0.4, 0.5) is 5.13 Å². The summed E-state index contributed by atoms with van der Waals surface area (Å²) in [6, 6.07) is 30.3. The molecule has 32 heavy (non-hydrogen) atoms. The predicted octanol–water partition coefficient (Wildman–Crippen LogP) is 3.78. The number of nitrogens with one attached hydrogen (secondary N) is 1. The smallest absolute Gasteiger partial charge is 0.274 e. The Labute approximate surface area is 189 Å². The van der Waals surface area contributed by atoms with Crippen molar-refractivity contribution in [2.24, 2.45) is 10.9 Å². The van der Waals surface area contributed by atoms with Crippen molar-refractivity contribution >= 4 is 28.3 Å². The molecule has 4 aromatic rings. The SMILES string of the molecule is CON=C(C(N)=O)c1nsc(NC(c2ccccc2)(c2ccccc2)c2ccccc2)n1. The molecule has 3 aromatic carbocycles. The standard InChI is InChI=1S/C24H21N5O2S/c1-31-28-20(21(25)30)22-26-23(32-29-22)27-24(17-11-5-2-6-12-17,18-13-7-3-8-14-18)19-15-9-4-10-16-19/h2-16H,1H3,(H2,25,30)(H,26,27,29). The summed E-state index contributed by atoms with van der Waals surface area (Å²) in [5.74, 6) is -0.661. The van der Waals surface area contributed by atoms with E-state index < -0.39 is 11.4 Å². The minimum atomic E-state index is -0.767. The van der Waals surface area contributed by atoms with Crippen LogP contribution in [-0.2, 0) is 15.2 Å². The van der Waals surface area contributed by atoms with Gasteiger partial charge in [-0.25, -0.2) is 0 Å². The van der Waals surface area contributed by atoms with Crippen LogP contribution in [0.25, 0.3) is 0 Å². The average molecular weight is 444 g/mol. The number of carbonyl (C=O) groups is 1. The second-order valence-corrected chi connectivity index (χ2v) is 7.63. The van der Waals surface area contributed by atoms with Crippen LogP contribution in [0.5, 0.6) is 0 Å². The Kier molecular flexibility index (Phi) is 6.23. The summed E-state index contributed by atoms with van der Waals surface area (Å²) in [4.78, 5) is 21.0. The van der Waals surface area contributed by atoms with Crippen molar-refractivity contribution in [3.05, 3.63) is 114 Å².